The molecule has 1 aliphatic heterocycles. The highest BCUT2D eigenvalue weighted by atomic mass is 79.9. The maximum atomic E-state index is 12.3. The van der Waals surface area contributed by atoms with Crippen LogP contribution in [0.15, 0.2) is 47.5 Å². The van der Waals surface area contributed by atoms with Crippen molar-refractivity contribution in [3.8, 4) is 0 Å². The van der Waals surface area contributed by atoms with Crippen molar-refractivity contribution >= 4 is 33.4 Å². The third-order valence-corrected chi connectivity index (χ3v) is 4.56. The van der Waals surface area contributed by atoms with Crippen LogP contribution in [-0.2, 0) is 16.1 Å². The summed E-state index contributed by atoms with van der Waals surface area (Å²) in [6, 6.07) is 7.57. The van der Waals surface area contributed by atoms with Crippen LogP contribution in [0.25, 0.3) is 0 Å². The molecule has 0 bridgehead atoms. The lowest BCUT2D eigenvalue weighted by Gasteiger charge is -2.17. The van der Waals surface area contributed by atoms with Gasteiger partial charge in [0.05, 0.1) is 12.2 Å². The number of nitrogens with zero attached hydrogens (tertiary/aromatic N) is 3. The molecule has 1 fully saturated rings. The second-order valence-electron chi connectivity index (χ2n) is 5.83. The molecule has 1 aromatic heterocycles. The fourth-order valence-electron chi connectivity index (χ4n) is 2.81. The molecule has 1 N–H and O–H groups in total. The number of rotatable bonds is 6. The Hall–Kier alpha value is -2.15. The Morgan fingerprint density at radius 2 is 2.29 bits per heavy atom. The van der Waals surface area contributed by atoms with Gasteiger partial charge in [-0.2, -0.15) is 0 Å². The minimum absolute atomic E-state index is 0.00772. The van der Waals surface area contributed by atoms with Crippen molar-refractivity contribution in [3.05, 3.63) is 47.5 Å². The summed E-state index contributed by atoms with van der Waals surface area (Å²) in [6.07, 6.45) is 6.48. The molecular formula is C17H19BrN4O2. The van der Waals surface area contributed by atoms with E-state index in [4.69, 9.17) is 0 Å². The zero-order chi connectivity index (χ0) is 16.9. The number of carbonyl (C=O) groups excluding carboxylic acids is 2. The van der Waals surface area contributed by atoms with E-state index in [2.05, 4.69) is 26.2 Å². The molecule has 1 aliphatic rings. The van der Waals surface area contributed by atoms with E-state index in [1.807, 2.05) is 35.0 Å². The van der Waals surface area contributed by atoms with Crippen LogP contribution in [0.2, 0.25) is 0 Å². The lowest BCUT2D eigenvalue weighted by molar-refractivity contribution is -0.126. The molecule has 126 valence electrons. The number of hydrogen-bond donors (Lipinski definition) is 1. The van der Waals surface area contributed by atoms with Gasteiger partial charge in [0.2, 0.25) is 11.8 Å². The Morgan fingerprint density at radius 1 is 1.42 bits per heavy atom. The molecule has 0 saturated carbocycles. The molecule has 2 amide bonds. The van der Waals surface area contributed by atoms with Gasteiger partial charge in [0.1, 0.15) is 0 Å². The number of benzene rings is 1. The van der Waals surface area contributed by atoms with Crippen LogP contribution in [-0.4, -0.2) is 34.5 Å². The molecule has 24 heavy (non-hydrogen) atoms. The van der Waals surface area contributed by atoms with Gasteiger partial charge in [-0.3, -0.25) is 9.59 Å². The summed E-state index contributed by atoms with van der Waals surface area (Å²) in [5.41, 5.74) is 0.824. The smallest absolute Gasteiger partial charge is 0.227 e. The average Bonchev–Trinajstić information content (AvgIpc) is 3.21. The highest BCUT2D eigenvalue weighted by molar-refractivity contribution is 9.10. The largest absolute Gasteiger partial charge is 0.356 e. The predicted octanol–water partition coefficient (Wildman–Crippen LogP) is 2.20. The molecule has 1 unspecified atom stereocenters. The number of anilines is 1. The van der Waals surface area contributed by atoms with E-state index in [1.54, 1.807) is 17.4 Å². The monoisotopic (exact) mass is 390 g/mol. The van der Waals surface area contributed by atoms with Gasteiger partial charge in [-0.25, -0.2) is 4.98 Å². The zero-order valence-electron chi connectivity index (χ0n) is 13.2. The summed E-state index contributed by atoms with van der Waals surface area (Å²) in [4.78, 5) is 30.1. The first-order valence-electron chi connectivity index (χ1n) is 7.93. The maximum Gasteiger partial charge on any atom is 0.227 e. The molecule has 1 atom stereocenters. The van der Waals surface area contributed by atoms with Crippen molar-refractivity contribution in [2.24, 2.45) is 5.92 Å². The van der Waals surface area contributed by atoms with Crippen molar-refractivity contribution < 1.29 is 9.59 Å². The highest BCUT2D eigenvalue weighted by Crippen LogP contribution is 2.27. The summed E-state index contributed by atoms with van der Waals surface area (Å²) in [7, 11) is 0. The number of nitrogens with one attached hydrogen (secondary N) is 1. The second-order valence-corrected chi connectivity index (χ2v) is 6.75. The highest BCUT2D eigenvalue weighted by Gasteiger charge is 2.34. The van der Waals surface area contributed by atoms with Gasteiger partial charge in [-0.05, 0) is 24.6 Å². The van der Waals surface area contributed by atoms with Gasteiger partial charge in [-0.15, -0.1) is 0 Å². The van der Waals surface area contributed by atoms with E-state index in [9.17, 15) is 9.59 Å². The lowest BCUT2D eigenvalue weighted by atomic mass is 10.1. The molecule has 0 spiro atoms. The summed E-state index contributed by atoms with van der Waals surface area (Å²) in [5.74, 6) is -0.345. The first-order valence-corrected chi connectivity index (χ1v) is 8.72. The van der Waals surface area contributed by atoms with Crippen molar-refractivity contribution in [1.29, 1.82) is 0 Å². The van der Waals surface area contributed by atoms with Gasteiger partial charge in [0.15, 0.2) is 0 Å². The van der Waals surface area contributed by atoms with E-state index in [1.165, 1.54) is 0 Å². The summed E-state index contributed by atoms with van der Waals surface area (Å²) in [5, 5.41) is 2.93. The van der Waals surface area contributed by atoms with E-state index in [0.717, 1.165) is 23.1 Å². The summed E-state index contributed by atoms with van der Waals surface area (Å²) < 4.78 is 2.89. The zero-order valence-corrected chi connectivity index (χ0v) is 14.8. The van der Waals surface area contributed by atoms with E-state index < -0.39 is 0 Å². The molecule has 0 aliphatic carbocycles. The van der Waals surface area contributed by atoms with Crippen molar-refractivity contribution in [2.45, 2.75) is 19.4 Å². The number of halogens is 1. The molecule has 6 nitrogen and oxygen atoms in total. The standard InChI is InChI=1S/C17H19BrN4O2/c18-14-3-1-4-15(10-14)22-11-13(9-16(22)23)17(24)20-5-2-7-21-8-6-19-12-21/h1,3-4,6,8,10,12-13H,2,5,7,9,11H2,(H,20,24). The van der Waals surface area contributed by atoms with Gasteiger partial charge >= 0.3 is 0 Å². The second kappa shape index (κ2) is 7.61. The third-order valence-electron chi connectivity index (χ3n) is 4.07. The first-order chi connectivity index (χ1) is 11.6. The van der Waals surface area contributed by atoms with Crippen LogP contribution >= 0.6 is 15.9 Å². The van der Waals surface area contributed by atoms with Crippen LogP contribution in [0, 0.1) is 5.92 Å². The Labute approximate surface area is 149 Å². The number of amides is 2. The summed E-state index contributed by atoms with van der Waals surface area (Å²) >= 11 is 3.41. The van der Waals surface area contributed by atoms with Crippen molar-refractivity contribution in [1.82, 2.24) is 14.9 Å². The number of carbonyl (C=O) groups is 2. The van der Waals surface area contributed by atoms with Crippen LogP contribution < -0.4 is 10.2 Å². The quantitative estimate of drug-likeness (QED) is 0.768. The number of aryl methyl sites for hydroxylation is 1. The van der Waals surface area contributed by atoms with Crippen molar-refractivity contribution in [2.75, 3.05) is 18.0 Å². The van der Waals surface area contributed by atoms with Gasteiger partial charge in [0.25, 0.3) is 0 Å². The fourth-order valence-corrected chi connectivity index (χ4v) is 3.20. The minimum atomic E-state index is -0.287. The predicted molar refractivity (Wildman–Crippen MR) is 94.5 cm³/mol. The summed E-state index contributed by atoms with van der Waals surface area (Å²) in [6.45, 7) is 1.84. The van der Waals surface area contributed by atoms with Gasteiger partial charge < -0.3 is 14.8 Å². The molecule has 1 saturated heterocycles. The van der Waals surface area contributed by atoms with E-state index >= 15 is 0 Å². The van der Waals surface area contributed by atoms with E-state index in [0.29, 0.717) is 13.1 Å². The van der Waals surface area contributed by atoms with Crippen LogP contribution in [0.3, 0.4) is 0 Å². The van der Waals surface area contributed by atoms with Gasteiger partial charge in [-0.1, -0.05) is 22.0 Å². The Kier molecular flexibility index (Phi) is 5.30. The Bertz CT molecular complexity index is 717. The molecule has 7 heteroatoms. The number of hydrogen-bond acceptors (Lipinski definition) is 3. The fraction of sp³-hybridized carbons (Fsp3) is 0.353. The molecule has 2 aromatic rings. The van der Waals surface area contributed by atoms with E-state index in [-0.39, 0.29) is 24.2 Å². The average molecular weight is 391 g/mol. The SMILES string of the molecule is O=C(NCCCn1ccnc1)C1CC(=O)N(c2cccc(Br)c2)C1. The van der Waals surface area contributed by atoms with Gasteiger partial charge in [0, 0.05) is 48.6 Å². The molecular weight excluding hydrogens is 372 g/mol. The molecule has 1 aromatic carbocycles. The Morgan fingerprint density at radius 3 is 3.04 bits per heavy atom. The molecule has 3 rings (SSSR count). The Balaban J connectivity index is 1.48. The first kappa shape index (κ1) is 16.7. The van der Waals surface area contributed by atoms with Crippen molar-refractivity contribution in [3.63, 3.8) is 0 Å². The number of aromatic nitrogens is 2. The third kappa shape index (κ3) is 4.03. The van der Waals surface area contributed by atoms with Crippen LogP contribution in [0.1, 0.15) is 12.8 Å². The van der Waals surface area contributed by atoms with Crippen LogP contribution in [0.5, 0.6) is 0 Å². The normalized spacial score (nSPS) is 17.3. The molecule has 2 heterocycles. The number of imidazole rings is 1. The van der Waals surface area contributed by atoms with Crippen LogP contribution in [0.4, 0.5) is 5.69 Å². The molecule has 0 radical (unpaired) electrons. The topological polar surface area (TPSA) is 67.2 Å². The minimum Gasteiger partial charge on any atom is -0.356 e. The maximum absolute atomic E-state index is 12.3. The lowest BCUT2D eigenvalue weighted by Crippen LogP contribution is -2.33.